The normalized spacial score (nSPS) is 11.8. The van der Waals surface area contributed by atoms with Crippen molar-refractivity contribution in [2.45, 2.75) is 25.3 Å². The number of carbonyl (C=O) groups excluding carboxylic acids is 1. The minimum Gasteiger partial charge on any atom is -0.467 e. The summed E-state index contributed by atoms with van der Waals surface area (Å²) in [6.07, 6.45) is 2.02. The zero-order valence-corrected chi connectivity index (χ0v) is 9.26. The summed E-state index contributed by atoms with van der Waals surface area (Å²) in [4.78, 5) is 21.5. The van der Waals surface area contributed by atoms with Crippen molar-refractivity contribution in [1.29, 1.82) is 0 Å². The van der Waals surface area contributed by atoms with E-state index in [9.17, 15) is 9.70 Å². The SMILES string of the molecule is COC(=O)C(CCCc1ccccc1)N=O. The summed E-state index contributed by atoms with van der Waals surface area (Å²) in [7, 11) is 1.26. The van der Waals surface area contributed by atoms with E-state index in [4.69, 9.17) is 0 Å². The first-order valence-corrected chi connectivity index (χ1v) is 5.22. The number of rotatable bonds is 6. The quantitative estimate of drug-likeness (QED) is 0.547. The monoisotopic (exact) mass is 221 g/mol. The summed E-state index contributed by atoms with van der Waals surface area (Å²) in [6.45, 7) is 0. The molecule has 0 amide bonds. The van der Waals surface area contributed by atoms with Gasteiger partial charge in [-0.05, 0) is 24.8 Å². The molecule has 1 aromatic rings. The van der Waals surface area contributed by atoms with Crippen LogP contribution in [-0.4, -0.2) is 19.1 Å². The van der Waals surface area contributed by atoms with Crippen LogP contribution >= 0.6 is 0 Å². The highest BCUT2D eigenvalue weighted by Gasteiger charge is 2.18. The summed E-state index contributed by atoms with van der Waals surface area (Å²) >= 11 is 0. The smallest absolute Gasteiger partial charge is 0.334 e. The zero-order chi connectivity index (χ0) is 11.8. The second-order valence-corrected chi connectivity index (χ2v) is 3.52. The summed E-state index contributed by atoms with van der Waals surface area (Å²) in [6, 6.07) is 9.04. The molecule has 0 aliphatic rings. The largest absolute Gasteiger partial charge is 0.467 e. The Hall–Kier alpha value is -1.71. The molecule has 0 aliphatic carbocycles. The van der Waals surface area contributed by atoms with Gasteiger partial charge in [0.05, 0.1) is 7.11 Å². The fourth-order valence-electron chi connectivity index (χ4n) is 1.49. The van der Waals surface area contributed by atoms with Crippen molar-refractivity contribution in [1.82, 2.24) is 0 Å². The van der Waals surface area contributed by atoms with E-state index in [1.54, 1.807) is 0 Å². The number of esters is 1. The van der Waals surface area contributed by atoms with Crippen LogP contribution < -0.4 is 0 Å². The fraction of sp³-hybridized carbons (Fsp3) is 0.417. The van der Waals surface area contributed by atoms with Gasteiger partial charge >= 0.3 is 5.97 Å². The molecular formula is C12H15NO3. The van der Waals surface area contributed by atoms with Crippen molar-refractivity contribution in [3.63, 3.8) is 0 Å². The number of nitroso groups, excluding NO2 is 1. The molecular weight excluding hydrogens is 206 g/mol. The highest BCUT2D eigenvalue weighted by atomic mass is 16.5. The molecule has 0 saturated carbocycles. The van der Waals surface area contributed by atoms with Crippen molar-refractivity contribution in [3.05, 3.63) is 40.8 Å². The number of aryl methyl sites for hydroxylation is 1. The minimum atomic E-state index is -0.867. The first-order chi connectivity index (χ1) is 7.77. The molecule has 0 fully saturated rings. The summed E-state index contributed by atoms with van der Waals surface area (Å²) < 4.78 is 4.47. The molecule has 0 radical (unpaired) electrons. The van der Waals surface area contributed by atoms with Gasteiger partial charge in [-0.1, -0.05) is 35.5 Å². The lowest BCUT2D eigenvalue weighted by Gasteiger charge is -2.06. The van der Waals surface area contributed by atoms with Gasteiger partial charge in [0.25, 0.3) is 0 Å². The molecule has 4 nitrogen and oxygen atoms in total. The third-order valence-electron chi connectivity index (χ3n) is 2.39. The maximum Gasteiger partial charge on any atom is 0.334 e. The Bertz CT molecular complexity index is 337. The summed E-state index contributed by atoms with van der Waals surface area (Å²) in [5.74, 6) is -0.553. The van der Waals surface area contributed by atoms with Crippen LogP contribution in [0.2, 0.25) is 0 Å². The van der Waals surface area contributed by atoms with Crippen LogP contribution in [0.15, 0.2) is 35.5 Å². The predicted octanol–water partition coefficient (Wildman–Crippen LogP) is 2.32. The lowest BCUT2D eigenvalue weighted by molar-refractivity contribution is -0.142. The Morgan fingerprint density at radius 1 is 1.38 bits per heavy atom. The van der Waals surface area contributed by atoms with Gasteiger partial charge < -0.3 is 4.74 Å². The second-order valence-electron chi connectivity index (χ2n) is 3.52. The van der Waals surface area contributed by atoms with Gasteiger partial charge in [-0.25, -0.2) is 4.79 Å². The van der Waals surface area contributed by atoms with Crippen LogP contribution in [0, 0.1) is 4.91 Å². The lowest BCUT2D eigenvalue weighted by atomic mass is 10.1. The molecule has 0 bridgehead atoms. The third kappa shape index (κ3) is 3.81. The number of methoxy groups -OCH3 is 1. The molecule has 1 atom stereocenters. The van der Waals surface area contributed by atoms with Gasteiger partial charge in [0.1, 0.15) is 0 Å². The van der Waals surface area contributed by atoms with Crippen LogP contribution in [0.1, 0.15) is 18.4 Å². The number of nitrogens with zero attached hydrogens (tertiary/aromatic N) is 1. The van der Waals surface area contributed by atoms with Crippen LogP contribution in [-0.2, 0) is 16.0 Å². The van der Waals surface area contributed by atoms with E-state index >= 15 is 0 Å². The Kier molecular flexibility index (Phi) is 5.19. The standard InChI is InChI=1S/C12H15NO3/c1-16-12(14)11(13-15)9-5-8-10-6-3-2-4-7-10/h2-4,6-7,11H,5,8-9H2,1H3. The van der Waals surface area contributed by atoms with E-state index in [-0.39, 0.29) is 0 Å². The Morgan fingerprint density at radius 2 is 2.06 bits per heavy atom. The Balaban J connectivity index is 2.34. The molecule has 0 spiro atoms. The molecule has 0 aliphatic heterocycles. The van der Waals surface area contributed by atoms with Gasteiger partial charge in [0.2, 0.25) is 0 Å². The van der Waals surface area contributed by atoms with Crippen molar-refractivity contribution >= 4 is 5.97 Å². The van der Waals surface area contributed by atoms with Crippen molar-refractivity contribution < 1.29 is 9.53 Å². The van der Waals surface area contributed by atoms with Crippen molar-refractivity contribution in [3.8, 4) is 0 Å². The Morgan fingerprint density at radius 3 is 2.62 bits per heavy atom. The molecule has 1 rings (SSSR count). The van der Waals surface area contributed by atoms with E-state index < -0.39 is 12.0 Å². The van der Waals surface area contributed by atoms with E-state index in [0.717, 1.165) is 12.8 Å². The fourth-order valence-corrected chi connectivity index (χ4v) is 1.49. The number of ether oxygens (including phenoxy) is 1. The van der Waals surface area contributed by atoms with Crippen molar-refractivity contribution in [2.24, 2.45) is 5.18 Å². The molecule has 1 unspecified atom stereocenters. The number of hydrogen-bond acceptors (Lipinski definition) is 4. The topological polar surface area (TPSA) is 55.7 Å². The predicted molar refractivity (Wildman–Crippen MR) is 61.0 cm³/mol. The first kappa shape index (κ1) is 12.4. The van der Waals surface area contributed by atoms with Crippen LogP contribution in [0.4, 0.5) is 0 Å². The molecule has 86 valence electrons. The van der Waals surface area contributed by atoms with Crippen molar-refractivity contribution in [2.75, 3.05) is 7.11 Å². The lowest BCUT2D eigenvalue weighted by Crippen LogP contribution is -2.19. The van der Waals surface area contributed by atoms with E-state index in [1.165, 1.54) is 12.7 Å². The maximum absolute atomic E-state index is 11.1. The van der Waals surface area contributed by atoms with E-state index in [0.29, 0.717) is 6.42 Å². The highest BCUT2D eigenvalue weighted by molar-refractivity contribution is 5.75. The number of benzene rings is 1. The average Bonchev–Trinajstić information content (AvgIpc) is 2.35. The second kappa shape index (κ2) is 6.71. The zero-order valence-electron chi connectivity index (χ0n) is 9.26. The third-order valence-corrected chi connectivity index (χ3v) is 2.39. The molecule has 1 aromatic carbocycles. The molecule has 4 heteroatoms. The molecule has 0 aromatic heterocycles. The molecule has 0 heterocycles. The number of carbonyl (C=O) groups is 1. The van der Waals surface area contributed by atoms with E-state index in [2.05, 4.69) is 9.91 Å². The molecule has 0 saturated heterocycles. The molecule has 16 heavy (non-hydrogen) atoms. The van der Waals surface area contributed by atoms with Crippen LogP contribution in [0.25, 0.3) is 0 Å². The van der Waals surface area contributed by atoms with E-state index in [1.807, 2.05) is 30.3 Å². The van der Waals surface area contributed by atoms with Gasteiger partial charge in [0, 0.05) is 0 Å². The molecule has 0 N–H and O–H groups in total. The maximum atomic E-state index is 11.1. The van der Waals surface area contributed by atoms with Gasteiger partial charge in [-0.2, -0.15) is 0 Å². The Labute approximate surface area is 94.6 Å². The average molecular weight is 221 g/mol. The van der Waals surface area contributed by atoms with Crippen LogP contribution in [0.3, 0.4) is 0 Å². The van der Waals surface area contributed by atoms with Crippen LogP contribution in [0.5, 0.6) is 0 Å². The number of hydrogen-bond donors (Lipinski definition) is 0. The summed E-state index contributed by atoms with van der Waals surface area (Å²) in [5.41, 5.74) is 1.19. The van der Waals surface area contributed by atoms with Gasteiger partial charge in [-0.15, -0.1) is 4.91 Å². The first-order valence-electron chi connectivity index (χ1n) is 5.22. The highest BCUT2D eigenvalue weighted by Crippen LogP contribution is 2.09. The van der Waals surface area contributed by atoms with Gasteiger partial charge in [-0.3, -0.25) is 0 Å². The minimum absolute atomic E-state index is 0.436. The van der Waals surface area contributed by atoms with Gasteiger partial charge in [0.15, 0.2) is 6.04 Å². The summed E-state index contributed by atoms with van der Waals surface area (Å²) in [5, 5.41) is 2.77.